The van der Waals surface area contributed by atoms with Crippen LogP contribution in [0.2, 0.25) is 0 Å². The Kier molecular flexibility index (Phi) is 3.65. The lowest BCUT2D eigenvalue weighted by molar-refractivity contribution is 0.629. The van der Waals surface area contributed by atoms with E-state index in [0.717, 1.165) is 20.8 Å². The van der Waals surface area contributed by atoms with E-state index in [2.05, 4.69) is 26.2 Å². The van der Waals surface area contributed by atoms with Gasteiger partial charge in [-0.1, -0.05) is 40.2 Å². The van der Waals surface area contributed by atoms with Crippen molar-refractivity contribution in [3.8, 4) is 0 Å². The molecule has 0 radical (unpaired) electrons. The van der Waals surface area contributed by atoms with Crippen LogP contribution in [0.4, 0.5) is 10.1 Å². The summed E-state index contributed by atoms with van der Waals surface area (Å²) in [5, 5.41) is 5.33. The minimum atomic E-state index is -0.271. The fourth-order valence-corrected chi connectivity index (χ4v) is 2.48. The van der Waals surface area contributed by atoms with Crippen LogP contribution in [0.15, 0.2) is 59.3 Å². The molecule has 1 heterocycles. The molecular formula is C16H12BrFN2. The van der Waals surface area contributed by atoms with Crippen molar-refractivity contribution in [3.05, 3.63) is 70.7 Å². The molecule has 0 spiro atoms. The Morgan fingerprint density at radius 1 is 1.10 bits per heavy atom. The van der Waals surface area contributed by atoms with Gasteiger partial charge < -0.3 is 5.32 Å². The van der Waals surface area contributed by atoms with E-state index in [1.54, 1.807) is 6.07 Å². The molecular weight excluding hydrogens is 319 g/mol. The van der Waals surface area contributed by atoms with Crippen LogP contribution in [0, 0.1) is 5.82 Å². The van der Waals surface area contributed by atoms with Crippen LogP contribution >= 0.6 is 15.9 Å². The van der Waals surface area contributed by atoms with E-state index in [4.69, 9.17) is 0 Å². The molecule has 0 aliphatic heterocycles. The van der Waals surface area contributed by atoms with Gasteiger partial charge in [0.1, 0.15) is 5.82 Å². The Morgan fingerprint density at radius 2 is 1.95 bits per heavy atom. The van der Waals surface area contributed by atoms with Crippen LogP contribution in [0.3, 0.4) is 0 Å². The normalized spacial score (nSPS) is 10.7. The highest BCUT2D eigenvalue weighted by Crippen LogP contribution is 2.22. The summed E-state index contributed by atoms with van der Waals surface area (Å²) in [5.41, 5.74) is 1.53. The Bertz CT molecular complexity index is 753. The topological polar surface area (TPSA) is 24.9 Å². The summed E-state index contributed by atoms with van der Waals surface area (Å²) in [6, 6.07) is 13.0. The number of anilines is 1. The van der Waals surface area contributed by atoms with Gasteiger partial charge in [-0.05, 0) is 29.1 Å². The second-order valence-electron chi connectivity index (χ2n) is 4.50. The Labute approximate surface area is 124 Å². The zero-order valence-electron chi connectivity index (χ0n) is 10.6. The molecule has 100 valence electrons. The summed E-state index contributed by atoms with van der Waals surface area (Å²) >= 11 is 3.25. The second-order valence-corrected chi connectivity index (χ2v) is 5.41. The molecule has 3 aromatic rings. The number of fused-ring (bicyclic) bond motifs is 1. The van der Waals surface area contributed by atoms with Gasteiger partial charge in [0.25, 0.3) is 0 Å². The van der Waals surface area contributed by atoms with Crippen LogP contribution in [0.1, 0.15) is 5.56 Å². The minimum Gasteiger partial charge on any atom is -0.379 e. The number of benzene rings is 2. The van der Waals surface area contributed by atoms with Gasteiger partial charge in [0, 0.05) is 28.8 Å². The highest BCUT2D eigenvalue weighted by Gasteiger charge is 2.04. The fourth-order valence-electron chi connectivity index (χ4n) is 2.14. The van der Waals surface area contributed by atoms with Crippen molar-refractivity contribution in [1.29, 1.82) is 0 Å². The summed E-state index contributed by atoms with van der Waals surface area (Å²) < 4.78 is 14.5. The summed E-state index contributed by atoms with van der Waals surface area (Å²) in [4.78, 5) is 4.22. The fraction of sp³-hybridized carbons (Fsp3) is 0.0625. The number of nitrogens with zero attached hydrogens (tertiary/aromatic N) is 1. The first kappa shape index (κ1) is 13.1. The molecule has 0 amide bonds. The predicted octanol–water partition coefficient (Wildman–Crippen LogP) is 4.75. The smallest absolute Gasteiger partial charge is 0.147 e. The molecule has 0 unspecified atom stereocenters. The van der Waals surface area contributed by atoms with Crippen LogP contribution in [-0.4, -0.2) is 4.98 Å². The second kappa shape index (κ2) is 5.59. The third-order valence-corrected chi connectivity index (χ3v) is 3.64. The molecule has 2 nitrogen and oxygen atoms in total. The maximum Gasteiger partial charge on any atom is 0.147 e. The summed E-state index contributed by atoms with van der Waals surface area (Å²) in [7, 11) is 0. The molecule has 0 aliphatic carbocycles. The average molecular weight is 331 g/mol. The summed E-state index contributed by atoms with van der Waals surface area (Å²) in [6.45, 7) is 0.535. The lowest BCUT2D eigenvalue weighted by Crippen LogP contribution is -2.02. The molecule has 4 heteroatoms. The quantitative estimate of drug-likeness (QED) is 0.749. The average Bonchev–Trinajstić information content (AvgIpc) is 2.46. The number of pyridine rings is 1. The minimum absolute atomic E-state index is 0.271. The maximum atomic E-state index is 13.8. The number of halogens is 2. The van der Waals surface area contributed by atoms with Crippen molar-refractivity contribution in [3.63, 3.8) is 0 Å². The number of nitrogens with one attached hydrogen (secondary N) is 1. The van der Waals surface area contributed by atoms with Gasteiger partial charge in [-0.3, -0.25) is 4.98 Å². The Balaban J connectivity index is 1.87. The highest BCUT2D eigenvalue weighted by molar-refractivity contribution is 9.10. The van der Waals surface area contributed by atoms with Crippen molar-refractivity contribution < 1.29 is 4.39 Å². The zero-order chi connectivity index (χ0) is 13.9. The standard InChI is InChI=1S/C16H12BrFN2/c17-13-5-6-16(15(18)7-13)20-10-12-9-19-8-11-3-1-2-4-14(11)12/h1-9,20H,10H2. The van der Waals surface area contributed by atoms with Crippen LogP contribution < -0.4 is 5.32 Å². The van der Waals surface area contributed by atoms with Gasteiger partial charge in [-0.25, -0.2) is 4.39 Å². The molecule has 0 saturated carbocycles. The number of rotatable bonds is 3. The third kappa shape index (κ3) is 2.65. The SMILES string of the molecule is Fc1cc(Br)ccc1NCc1cncc2ccccc12. The first-order valence-corrected chi connectivity index (χ1v) is 7.04. The number of aromatic nitrogens is 1. The van der Waals surface area contributed by atoms with Gasteiger partial charge in [0.15, 0.2) is 0 Å². The molecule has 0 saturated heterocycles. The third-order valence-electron chi connectivity index (χ3n) is 3.15. The van der Waals surface area contributed by atoms with E-state index in [1.807, 2.05) is 42.7 Å². The van der Waals surface area contributed by atoms with Gasteiger partial charge >= 0.3 is 0 Å². The molecule has 2 aromatic carbocycles. The van der Waals surface area contributed by atoms with Crippen LogP contribution in [0.25, 0.3) is 10.8 Å². The zero-order valence-corrected chi connectivity index (χ0v) is 12.2. The molecule has 0 bridgehead atoms. The van der Waals surface area contributed by atoms with E-state index in [9.17, 15) is 4.39 Å². The van der Waals surface area contributed by atoms with Gasteiger partial charge in [-0.2, -0.15) is 0 Å². The predicted molar refractivity (Wildman–Crippen MR) is 83.2 cm³/mol. The molecule has 0 atom stereocenters. The number of hydrogen-bond donors (Lipinski definition) is 1. The molecule has 3 rings (SSSR count). The molecule has 0 aliphatic rings. The van der Waals surface area contributed by atoms with E-state index < -0.39 is 0 Å². The van der Waals surface area contributed by atoms with Crippen molar-refractivity contribution in [2.75, 3.05) is 5.32 Å². The van der Waals surface area contributed by atoms with Crippen molar-refractivity contribution >= 4 is 32.4 Å². The van der Waals surface area contributed by atoms with Crippen molar-refractivity contribution in [2.24, 2.45) is 0 Å². The lowest BCUT2D eigenvalue weighted by atomic mass is 10.1. The van der Waals surface area contributed by atoms with E-state index in [0.29, 0.717) is 12.2 Å². The van der Waals surface area contributed by atoms with Gasteiger partial charge in [0.2, 0.25) is 0 Å². The van der Waals surface area contributed by atoms with Gasteiger partial charge in [-0.15, -0.1) is 0 Å². The maximum absolute atomic E-state index is 13.8. The van der Waals surface area contributed by atoms with Crippen LogP contribution in [-0.2, 0) is 6.54 Å². The molecule has 20 heavy (non-hydrogen) atoms. The first-order chi connectivity index (χ1) is 9.74. The Hall–Kier alpha value is -1.94. The first-order valence-electron chi connectivity index (χ1n) is 6.24. The largest absolute Gasteiger partial charge is 0.379 e. The summed E-state index contributed by atoms with van der Waals surface area (Å²) in [6.07, 6.45) is 3.64. The van der Waals surface area contributed by atoms with Crippen molar-refractivity contribution in [2.45, 2.75) is 6.54 Å². The molecule has 1 N–H and O–H groups in total. The molecule has 1 aromatic heterocycles. The highest BCUT2D eigenvalue weighted by atomic mass is 79.9. The van der Waals surface area contributed by atoms with Crippen molar-refractivity contribution in [1.82, 2.24) is 4.98 Å². The number of hydrogen-bond acceptors (Lipinski definition) is 2. The molecule has 0 fully saturated rings. The lowest BCUT2D eigenvalue weighted by Gasteiger charge is -2.10. The van der Waals surface area contributed by atoms with Gasteiger partial charge in [0.05, 0.1) is 5.69 Å². The Morgan fingerprint density at radius 3 is 2.80 bits per heavy atom. The monoisotopic (exact) mass is 330 g/mol. The van der Waals surface area contributed by atoms with E-state index in [1.165, 1.54) is 6.07 Å². The summed E-state index contributed by atoms with van der Waals surface area (Å²) in [5.74, 6) is -0.271. The van der Waals surface area contributed by atoms with E-state index >= 15 is 0 Å². The van der Waals surface area contributed by atoms with Crippen LogP contribution in [0.5, 0.6) is 0 Å². The van der Waals surface area contributed by atoms with E-state index in [-0.39, 0.29) is 5.82 Å².